The van der Waals surface area contributed by atoms with Crippen LogP contribution in [0.25, 0.3) is 10.2 Å². The smallest absolute Gasteiger partial charge is 0.266 e. The zero-order valence-corrected chi connectivity index (χ0v) is 18.0. The molecule has 31 heavy (non-hydrogen) atoms. The topological polar surface area (TPSA) is 87.8 Å². The Labute approximate surface area is 183 Å². The number of thiophene rings is 1. The molecule has 2 aromatic carbocycles. The van der Waals surface area contributed by atoms with E-state index < -0.39 is 0 Å². The molecule has 0 radical (unpaired) electrons. The molecule has 0 atom stereocenters. The molecule has 0 fully saturated rings. The number of aromatic nitrogens is 2. The minimum atomic E-state index is -0.252. The Kier molecular flexibility index (Phi) is 5.65. The molecular weight excluding hydrogens is 408 g/mol. The van der Waals surface area contributed by atoms with Crippen LogP contribution in [0, 0.1) is 18.3 Å². The zero-order valence-electron chi connectivity index (χ0n) is 17.2. The first-order valence-electron chi connectivity index (χ1n) is 9.90. The standard InChI is InChI=1S/C24H20N4O2S/c1-3-19-27-23-20(24(30)28(19)14-17-9-7-8-16(12-17)13-25)15(2)21(31-23)22(29)26-18-10-5-4-6-11-18/h4-12H,3,14H2,1-2H3,(H,26,29). The second-order valence-electron chi connectivity index (χ2n) is 7.14. The molecule has 1 N–H and O–H groups in total. The van der Waals surface area contributed by atoms with Crippen LogP contribution >= 0.6 is 11.3 Å². The van der Waals surface area contributed by atoms with Crippen LogP contribution < -0.4 is 10.9 Å². The highest BCUT2D eigenvalue weighted by molar-refractivity contribution is 7.20. The molecule has 1 amide bonds. The van der Waals surface area contributed by atoms with E-state index in [2.05, 4.69) is 11.4 Å². The number of anilines is 1. The Morgan fingerprint density at radius 2 is 1.97 bits per heavy atom. The monoisotopic (exact) mass is 428 g/mol. The van der Waals surface area contributed by atoms with Crippen molar-refractivity contribution in [3.63, 3.8) is 0 Å². The van der Waals surface area contributed by atoms with Crippen molar-refractivity contribution in [3.8, 4) is 6.07 Å². The summed E-state index contributed by atoms with van der Waals surface area (Å²) in [6, 6.07) is 18.5. The van der Waals surface area contributed by atoms with E-state index in [4.69, 9.17) is 10.2 Å². The lowest BCUT2D eigenvalue weighted by atomic mass is 10.1. The van der Waals surface area contributed by atoms with E-state index in [1.807, 2.05) is 43.3 Å². The van der Waals surface area contributed by atoms with Gasteiger partial charge < -0.3 is 5.32 Å². The maximum Gasteiger partial charge on any atom is 0.266 e. The minimum absolute atomic E-state index is 0.170. The van der Waals surface area contributed by atoms with Crippen molar-refractivity contribution in [1.82, 2.24) is 9.55 Å². The molecule has 2 heterocycles. The number of nitriles is 1. The van der Waals surface area contributed by atoms with Crippen LogP contribution in [-0.2, 0) is 13.0 Å². The number of hydrogen-bond acceptors (Lipinski definition) is 5. The number of fused-ring (bicyclic) bond motifs is 1. The number of rotatable bonds is 5. The Morgan fingerprint density at radius 3 is 2.68 bits per heavy atom. The van der Waals surface area contributed by atoms with Crippen molar-refractivity contribution in [2.24, 2.45) is 0 Å². The van der Waals surface area contributed by atoms with Gasteiger partial charge in [0.25, 0.3) is 11.5 Å². The van der Waals surface area contributed by atoms with Crippen molar-refractivity contribution in [3.05, 3.63) is 92.3 Å². The van der Waals surface area contributed by atoms with Crippen LogP contribution in [0.1, 0.15) is 39.1 Å². The predicted molar refractivity (Wildman–Crippen MR) is 123 cm³/mol. The highest BCUT2D eigenvalue weighted by atomic mass is 32.1. The number of carbonyl (C=O) groups excluding carboxylic acids is 1. The van der Waals surface area contributed by atoms with E-state index in [0.717, 1.165) is 5.56 Å². The molecule has 0 spiro atoms. The number of hydrogen-bond donors (Lipinski definition) is 1. The molecule has 0 aliphatic rings. The highest BCUT2D eigenvalue weighted by Crippen LogP contribution is 2.28. The molecule has 0 aliphatic heterocycles. The van der Waals surface area contributed by atoms with E-state index in [9.17, 15) is 9.59 Å². The lowest BCUT2D eigenvalue weighted by molar-refractivity contribution is 0.103. The summed E-state index contributed by atoms with van der Waals surface area (Å²) in [6.45, 7) is 4.05. The summed E-state index contributed by atoms with van der Waals surface area (Å²) < 4.78 is 1.64. The zero-order chi connectivity index (χ0) is 22.0. The van der Waals surface area contributed by atoms with Crippen LogP contribution in [0.4, 0.5) is 5.69 Å². The van der Waals surface area contributed by atoms with Crippen LogP contribution in [0.5, 0.6) is 0 Å². The van der Waals surface area contributed by atoms with Gasteiger partial charge in [-0.2, -0.15) is 5.26 Å². The summed E-state index contributed by atoms with van der Waals surface area (Å²) in [5.41, 5.74) is 2.56. The van der Waals surface area contributed by atoms with Gasteiger partial charge in [0, 0.05) is 12.1 Å². The largest absolute Gasteiger partial charge is 0.321 e. The van der Waals surface area contributed by atoms with Gasteiger partial charge in [-0.15, -0.1) is 11.3 Å². The fraction of sp³-hybridized carbons (Fsp3) is 0.167. The van der Waals surface area contributed by atoms with Gasteiger partial charge in [-0.25, -0.2) is 4.98 Å². The maximum absolute atomic E-state index is 13.4. The molecule has 4 aromatic rings. The molecule has 0 bridgehead atoms. The average molecular weight is 429 g/mol. The fourth-order valence-corrected chi connectivity index (χ4v) is 4.63. The van der Waals surface area contributed by atoms with Crippen molar-refractivity contribution in [2.75, 3.05) is 5.32 Å². The minimum Gasteiger partial charge on any atom is -0.321 e. The molecule has 154 valence electrons. The Balaban J connectivity index is 1.78. The third-order valence-electron chi connectivity index (χ3n) is 5.08. The first kappa shape index (κ1) is 20.5. The summed E-state index contributed by atoms with van der Waals surface area (Å²) in [5, 5.41) is 12.5. The molecule has 4 rings (SSSR count). The molecule has 2 aromatic heterocycles. The Hall–Kier alpha value is -3.76. The van der Waals surface area contributed by atoms with Gasteiger partial charge in [0.05, 0.1) is 28.4 Å². The van der Waals surface area contributed by atoms with Gasteiger partial charge in [0.15, 0.2) is 0 Å². The van der Waals surface area contributed by atoms with Crippen molar-refractivity contribution in [2.45, 2.75) is 26.8 Å². The van der Waals surface area contributed by atoms with E-state index in [0.29, 0.717) is 50.7 Å². The summed E-state index contributed by atoms with van der Waals surface area (Å²) in [5.74, 6) is 0.397. The average Bonchev–Trinajstić information content (AvgIpc) is 3.13. The summed E-state index contributed by atoms with van der Waals surface area (Å²) in [7, 11) is 0. The molecule has 0 saturated carbocycles. The van der Waals surface area contributed by atoms with E-state index >= 15 is 0 Å². The number of amides is 1. The van der Waals surface area contributed by atoms with Crippen molar-refractivity contribution >= 4 is 33.1 Å². The predicted octanol–water partition coefficient (Wildman–Crippen LogP) is 4.50. The first-order valence-corrected chi connectivity index (χ1v) is 10.7. The normalized spacial score (nSPS) is 10.7. The van der Waals surface area contributed by atoms with Crippen molar-refractivity contribution < 1.29 is 4.79 Å². The number of carbonyl (C=O) groups is 1. The van der Waals surface area contributed by atoms with Crippen LogP contribution in [0.15, 0.2) is 59.4 Å². The molecular formula is C24H20N4O2S. The van der Waals surface area contributed by atoms with E-state index in [1.165, 1.54) is 11.3 Å². The van der Waals surface area contributed by atoms with Gasteiger partial charge in [-0.05, 0) is 42.3 Å². The summed E-state index contributed by atoms with van der Waals surface area (Å²) in [6.07, 6.45) is 0.575. The van der Waals surface area contributed by atoms with E-state index in [-0.39, 0.29) is 11.5 Å². The molecule has 0 aliphatic carbocycles. The van der Waals surface area contributed by atoms with Crippen LogP contribution in [0.3, 0.4) is 0 Å². The molecule has 7 heteroatoms. The lowest BCUT2D eigenvalue weighted by Crippen LogP contribution is -2.25. The SMILES string of the molecule is CCc1nc2sc(C(=O)Nc3ccccc3)c(C)c2c(=O)n1Cc1cccc(C#N)c1. The van der Waals surface area contributed by atoms with Gasteiger partial charge in [0.2, 0.25) is 0 Å². The molecule has 0 saturated heterocycles. The number of aryl methyl sites for hydroxylation is 2. The third-order valence-corrected chi connectivity index (χ3v) is 6.26. The highest BCUT2D eigenvalue weighted by Gasteiger charge is 2.21. The van der Waals surface area contributed by atoms with Gasteiger partial charge in [0.1, 0.15) is 10.7 Å². The number of nitrogens with zero attached hydrogens (tertiary/aromatic N) is 3. The second kappa shape index (κ2) is 8.54. The third kappa shape index (κ3) is 3.98. The lowest BCUT2D eigenvalue weighted by Gasteiger charge is -2.11. The summed E-state index contributed by atoms with van der Waals surface area (Å²) in [4.78, 5) is 32.0. The van der Waals surface area contributed by atoms with E-state index in [1.54, 1.807) is 29.7 Å². The Morgan fingerprint density at radius 1 is 1.19 bits per heavy atom. The first-order chi connectivity index (χ1) is 15.0. The number of para-hydroxylation sites is 1. The second-order valence-corrected chi connectivity index (χ2v) is 8.14. The number of benzene rings is 2. The van der Waals surface area contributed by atoms with Crippen molar-refractivity contribution in [1.29, 1.82) is 5.26 Å². The van der Waals surface area contributed by atoms with Crippen LogP contribution in [0.2, 0.25) is 0 Å². The molecule has 0 unspecified atom stereocenters. The maximum atomic E-state index is 13.4. The van der Waals surface area contributed by atoms with Gasteiger partial charge >= 0.3 is 0 Å². The molecule has 6 nitrogen and oxygen atoms in total. The number of nitrogens with one attached hydrogen (secondary N) is 1. The fourth-order valence-electron chi connectivity index (χ4n) is 3.54. The summed E-state index contributed by atoms with van der Waals surface area (Å²) >= 11 is 1.24. The van der Waals surface area contributed by atoms with Crippen LogP contribution in [-0.4, -0.2) is 15.5 Å². The van der Waals surface area contributed by atoms with Gasteiger partial charge in [-0.3, -0.25) is 14.2 Å². The van der Waals surface area contributed by atoms with Gasteiger partial charge in [-0.1, -0.05) is 37.3 Å². The quantitative estimate of drug-likeness (QED) is 0.507. The Bertz CT molecular complexity index is 1380.